The Morgan fingerprint density at radius 3 is 2.39 bits per heavy atom. The fourth-order valence-corrected chi connectivity index (χ4v) is 3.74. The van der Waals surface area contributed by atoms with Crippen LogP contribution < -0.4 is 5.32 Å². The number of hydrogen-bond acceptors (Lipinski definition) is 3. The van der Waals surface area contributed by atoms with Gasteiger partial charge in [-0.1, -0.05) is 13.8 Å². The van der Waals surface area contributed by atoms with Gasteiger partial charge in [-0.25, -0.2) is 4.98 Å². The summed E-state index contributed by atoms with van der Waals surface area (Å²) in [6.45, 7) is 9.09. The van der Waals surface area contributed by atoms with Gasteiger partial charge in [-0.3, -0.25) is 0 Å². The average Bonchev–Trinajstić information content (AvgIpc) is 2.76. The summed E-state index contributed by atoms with van der Waals surface area (Å²) in [5.74, 6) is 1.80. The Labute approximate surface area is 115 Å². The van der Waals surface area contributed by atoms with Crippen molar-refractivity contribution in [2.75, 3.05) is 0 Å². The first-order valence-electron chi connectivity index (χ1n) is 7.24. The third-order valence-electron chi connectivity index (χ3n) is 4.21. The minimum Gasteiger partial charge on any atom is -0.305 e. The lowest BCUT2D eigenvalue weighted by Crippen LogP contribution is -2.35. The van der Waals surface area contributed by atoms with Crippen LogP contribution in [0.2, 0.25) is 0 Å². The van der Waals surface area contributed by atoms with Crippen LogP contribution >= 0.6 is 11.3 Å². The summed E-state index contributed by atoms with van der Waals surface area (Å²) in [5.41, 5.74) is 0. The predicted octanol–water partition coefficient (Wildman–Crippen LogP) is 4.32. The molecule has 1 aromatic rings. The van der Waals surface area contributed by atoms with Gasteiger partial charge in [0.2, 0.25) is 0 Å². The van der Waals surface area contributed by atoms with Gasteiger partial charge in [-0.05, 0) is 51.4 Å². The van der Waals surface area contributed by atoms with Gasteiger partial charge < -0.3 is 5.32 Å². The predicted molar refractivity (Wildman–Crippen MR) is 79.0 cm³/mol. The first kappa shape index (κ1) is 14.0. The molecule has 0 radical (unpaired) electrons. The number of aryl methyl sites for hydroxylation is 1. The van der Waals surface area contributed by atoms with E-state index in [1.54, 1.807) is 0 Å². The Bertz CT molecular complexity index is 364. The van der Waals surface area contributed by atoms with Crippen LogP contribution in [0, 0.1) is 18.8 Å². The molecule has 1 fully saturated rings. The van der Waals surface area contributed by atoms with Crippen LogP contribution in [0.3, 0.4) is 0 Å². The molecule has 1 saturated carbocycles. The topological polar surface area (TPSA) is 24.9 Å². The molecule has 18 heavy (non-hydrogen) atoms. The second kappa shape index (κ2) is 6.16. The molecule has 2 nitrogen and oxygen atoms in total. The molecule has 0 bridgehead atoms. The summed E-state index contributed by atoms with van der Waals surface area (Å²) in [7, 11) is 0. The number of rotatable bonds is 4. The Balaban J connectivity index is 1.81. The van der Waals surface area contributed by atoms with E-state index in [1.807, 2.05) is 17.5 Å². The van der Waals surface area contributed by atoms with Crippen molar-refractivity contribution in [3.8, 4) is 0 Å². The minimum absolute atomic E-state index is 0.407. The van der Waals surface area contributed by atoms with Crippen LogP contribution in [0.15, 0.2) is 6.20 Å². The molecule has 2 rings (SSSR count). The van der Waals surface area contributed by atoms with E-state index in [4.69, 9.17) is 0 Å². The Hall–Kier alpha value is -0.410. The number of thiazole rings is 1. The zero-order valence-corrected chi connectivity index (χ0v) is 12.9. The van der Waals surface area contributed by atoms with Gasteiger partial charge in [0.25, 0.3) is 0 Å². The van der Waals surface area contributed by atoms with Crippen LogP contribution in [0.5, 0.6) is 0 Å². The van der Waals surface area contributed by atoms with E-state index in [0.717, 1.165) is 11.8 Å². The van der Waals surface area contributed by atoms with E-state index >= 15 is 0 Å². The molecule has 1 aromatic heterocycles. The summed E-state index contributed by atoms with van der Waals surface area (Å²) < 4.78 is 0. The monoisotopic (exact) mass is 266 g/mol. The van der Waals surface area contributed by atoms with Crippen LogP contribution in [0.25, 0.3) is 0 Å². The van der Waals surface area contributed by atoms with Crippen LogP contribution in [0.1, 0.15) is 62.4 Å². The van der Waals surface area contributed by atoms with Crippen LogP contribution in [0.4, 0.5) is 0 Å². The third-order valence-corrected chi connectivity index (χ3v) is 5.31. The summed E-state index contributed by atoms with van der Waals surface area (Å²) >= 11 is 1.82. The van der Waals surface area contributed by atoms with Crippen LogP contribution in [-0.2, 0) is 0 Å². The molecule has 0 spiro atoms. The molecule has 1 unspecified atom stereocenters. The molecule has 102 valence electrons. The summed E-state index contributed by atoms with van der Waals surface area (Å²) in [4.78, 5) is 5.79. The molecule has 1 atom stereocenters. The average molecular weight is 266 g/mol. The Morgan fingerprint density at radius 1 is 1.22 bits per heavy atom. The van der Waals surface area contributed by atoms with Crippen LogP contribution in [-0.4, -0.2) is 11.0 Å². The fraction of sp³-hybridized carbons (Fsp3) is 0.800. The van der Waals surface area contributed by atoms with Crippen molar-refractivity contribution in [3.63, 3.8) is 0 Å². The van der Waals surface area contributed by atoms with Crippen molar-refractivity contribution in [2.24, 2.45) is 11.8 Å². The second-order valence-corrected chi connectivity index (χ2v) is 7.32. The van der Waals surface area contributed by atoms with Gasteiger partial charge in [-0.15, -0.1) is 11.3 Å². The number of nitrogens with zero attached hydrogens (tertiary/aromatic N) is 1. The summed E-state index contributed by atoms with van der Waals surface area (Å²) in [6.07, 6.45) is 7.42. The van der Waals surface area contributed by atoms with E-state index in [2.05, 4.69) is 38.0 Å². The maximum Gasteiger partial charge on any atom is 0.109 e. The fourth-order valence-electron chi connectivity index (χ4n) is 2.95. The highest BCUT2D eigenvalue weighted by molar-refractivity contribution is 7.11. The first-order valence-corrected chi connectivity index (χ1v) is 8.06. The van der Waals surface area contributed by atoms with Gasteiger partial charge in [-0.2, -0.15) is 0 Å². The van der Waals surface area contributed by atoms with E-state index in [0.29, 0.717) is 12.1 Å². The smallest absolute Gasteiger partial charge is 0.109 e. The molecule has 1 heterocycles. The van der Waals surface area contributed by atoms with E-state index in [1.165, 1.54) is 35.6 Å². The van der Waals surface area contributed by atoms with Crippen molar-refractivity contribution in [2.45, 2.75) is 65.5 Å². The summed E-state index contributed by atoms with van der Waals surface area (Å²) in [6, 6.07) is 1.10. The van der Waals surface area contributed by atoms with E-state index < -0.39 is 0 Å². The lowest BCUT2D eigenvalue weighted by molar-refractivity contribution is 0.231. The number of nitrogens with one attached hydrogen (secondary N) is 1. The zero-order valence-electron chi connectivity index (χ0n) is 12.1. The molecule has 1 aliphatic carbocycles. The quantitative estimate of drug-likeness (QED) is 0.878. The molecule has 0 aliphatic heterocycles. The molecule has 3 heteroatoms. The van der Waals surface area contributed by atoms with Crippen molar-refractivity contribution in [1.82, 2.24) is 10.3 Å². The SMILES string of the molecule is Cc1cnc(C(C)NC2CCC(C(C)C)CC2)s1. The van der Waals surface area contributed by atoms with Crippen molar-refractivity contribution in [1.29, 1.82) is 0 Å². The molecule has 0 amide bonds. The highest BCUT2D eigenvalue weighted by Gasteiger charge is 2.24. The van der Waals surface area contributed by atoms with Crippen molar-refractivity contribution < 1.29 is 0 Å². The molecular formula is C15H26N2S. The lowest BCUT2D eigenvalue weighted by atomic mass is 9.79. The highest BCUT2D eigenvalue weighted by atomic mass is 32.1. The van der Waals surface area contributed by atoms with Crippen molar-refractivity contribution in [3.05, 3.63) is 16.1 Å². The minimum atomic E-state index is 0.407. The second-order valence-electron chi connectivity index (χ2n) is 6.05. The number of aromatic nitrogens is 1. The molecule has 1 aliphatic rings. The molecular weight excluding hydrogens is 240 g/mol. The van der Waals surface area contributed by atoms with Crippen molar-refractivity contribution >= 4 is 11.3 Å². The Kier molecular flexibility index (Phi) is 4.79. The van der Waals surface area contributed by atoms with E-state index in [-0.39, 0.29) is 0 Å². The van der Waals surface area contributed by atoms with Gasteiger partial charge in [0.1, 0.15) is 5.01 Å². The maximum absolute atomic E-state index is 4.48. The third kappa shape index (κ3) is 3.55. The van der Waals surface area contributed by atoms with Gasteiger partial charge >= 0.3 is 0 Å². The lowest BCUT2D eigenvalue weighted by Gasteiger charge is -2.32. The maximum atomic E-state index is 4.48. The highest BCUT2D eigenvalue weighted by Crippen LogP contribution is 2.31. The van der Waals surface area contributed by atoms with E-state index in [9.17, 15) is 0 Å². The van der Waals surface area contributed by atoms with Gasteiger partial charge in [0.05, 0.1) is 6.04 Å². The standard InChI is InChI=1S/C15H26N2S/c1-10(2)13-5-7-14(8-6-13)17-12(4)15-16-9-11(3)18-15/h9-10,12-14,17H,5-8H2,1-4H3. The van der Waals surface area contributed by atoms with Gasteiger partial charge in [0.15, 0.2) is 0 Å². The number of hydrogen-bond donors (Lipinski definition) is 1. The first-order chi connectivity index (χ1) is 8.56. The largest absolute Gasteiger partial charge is 0.305 e. The molecule has 1 N–H and O–H groups in total. The molecule has 0 aromatic carbocycles. The normalized spacial score (nSPS) is 26.5. The van der Waals surface area contributed by atoms with Gasteiger partial charge in [0, 0.05) is 17.1 Å². The molecule has 0 saturated heterocycles. The zero-order chi connectivity index (χ0) is 13.1. The summed E-state index contributed by atoms with van der Waals surface area (Å²) in [5, 5.41) is 4.99. The Morgan fingerprint density at radius 2 is 1.89 bits per heavy atom.